The summed E-state index contributed by atoms with van der Waals surface area (Å²) in [6, 6.07) is 17.2. The van der Waals surface area contributed by atoms with Crippen LogP contribution in [0.2, 0.25) is 0 Å². The van der Waals surface area contributed by atoms with Crippen molar-refractivity contribution >= 4 is 5.91 Å². The lowest BCUT2D eigenvalue weighted by Crippen LogP contribution is -2.34. The highest BCUT2D eigenvalue weighted by Crippen LogP contribution is 2.16. The molecule has 1 aromatic heterocycles. The van der Waals surface area contributed by atoms with E-state index in [-0.39, 0.29) is 23.8 Å². The summed E-state index contributed by atoms with van der Waals surface area (Å²) in [6.45, 7) is 2.34. The number of amides is 1. The van der Waals surface area contributed by atoms with E-state index < -0.39 is 0 Å². The maximum atomic E-state index is 12.9. The maximum Gasteiger partial charge on any atom is 0.267 e. The Morgan fingerprint density at radius 3 is 2.36 bits per heavy atom. The monoisotopic (exact) mass is 379 g/mol. The quantitative estimate of drug-likeness (QED) is 0.686. The van der Waals surface area contributed by atoms with Crippen molar-refractivity contribution in [3.63, 3.8) is 0 Å². The minimum absolute atomic E-state index is 0.150. The predicted molar refractivity (Wildman–Crippen MR) is 106 cm³/mol. The molecule has 0 aliphatic rings. The van der Waals surface area contributed by atoms with Crippen LogP contribution >= 0.6 is 0 Å². The number of hydrogen-bond donors (Lipinski definition) is 1. The second-order valence-corrected chi connectivity index (χ2v) is 6.49. The molecule has 3 rings (SSSR count). The third kappa shape index (κ3) is 5.13. The van der Waals surface area contributed by atoms with E-state index in [2.05, 4.69) is 17.3 Å². The minimum atomic E-state index is -0.331. The van der Waals surface area contributed by atoms with Crippen LogP contribution in [0.25, 0.3) is 11.3 Å². The number of benzene rings is 2. The van der Waals surface area contributed by atoms with E-state index >= 15 is 0 Å². The van der Waals surface area contributed by atoms with Gasteiger partial charge in [-0.25, -0.2) is 9.07 Å². The number of carbonyl (C=O) groups is 1. The molecule has 0 atom stereocenters. The molecule has 0 aliphatic carbocycles. The molecular formula is C22H22FN3O2. The van der Waals surface area contributed by atoms with Crippen molar-refractivity contribution in [2.75, 3.05) is 6.54 Å². The first-order valence-electron chi connectivity index (χ1n) is 9.24. The Morgan fingerprint density at radius 1 is 1.00 bits per heavy atom. The van der Waals surface area contributed by atoms with Gasteiger partial charge in [-0.05, 0) is 42.2 Å². The molecule has 0 aliphatic heterocycles. The third-order valence-corrected chi connectivity index (χ3v) is 4.47. The molecular weight excluding hydrogens is 357 g/mol. The van der Waals surface area contributed by atoms with Crippen LogP contribution in [0.15, 0.2) is 65.5 Å². The minimum Gasteiger partial charge on any atom is -0.354 e. The fraction of sp³-hybridized carbons (Fsp3) is 0.227. The Hall–Kier alpha value is -3.28. The first kappa shape index (κ1) is 19.5. The lowest BCUT2D eigenvalue weighted by molar-refractivity contribution is -0.121. The van der Waals surface area contributed by atoms with E-state index in [9.17, 15) is 14.0 Å². The number of nitrogens with one attached hydrogen (secondary N) is 1. The van der Waals surface area contributed by atoms with Crippen LogP contribution in [0.4, 0.5) is 4.39 Å². The van der Waals surface area contributed by atoms with E-state index in [4.69, 9.17) is 0 Å². The predicted octanol–water partition coefficient (Wildman–Crippen LogP) is 2.97. The van der Waals surface area contributed by atoms with Gasteiger partial charge in [0.2, 0.25) is 5.91 Å². The van der Waals surface area contributed by atoms with Gasteiger partial charge in [-0.15, -0.1) is 0 Å². The molecule has 0 saturated carbocycles. The van der Waals surface area contributed by atoms with Crippen LogP contribution in [0.3, 0.4) is 0 Å². The molecule has 6 heteroatoms. The standard InChI is InChI=1S/C22H22FN3O2/c1-2-16-3-7-18(8-4-16)20-11-12-22(28)26(25-20)15-21(27)24-14-13-17-5-9-19(23)10-6-17/h3-12H,2,13-15H2,1H3,(H,24,27). The lowest BCUT2D eigenvalue weighted by atomic mass is 10.1. The van der Waals surface area contributed by atoms with Crippen LogP contribution in [0.1, 0.15) is 18.1 Å². The van der Waals surface area contributed by atoms with Crippen molar-refractivity contribution in [3.8, 4) is 11.3 Å². The van der Waals surface area contributed by atoms with E-state index in [1.54, 1.807) is 18.2 Å². The molecule has 1 heterocycles. The lowest BCUT2D eigenvalue weighted by Gasteiger charge is -2.09. The van der Waals surface area contributed by atoms with Gasteiger partial charge in [0.25, 0.3) is 5.56 Å². The summed E-state index contributed by atoms with van der Waals surface area (Å²) in [5.74, 6) is -0.586. The number of aromatic nitrogens is 2. The number of hydrogen-bond acceptors (Lipinski definition) is 3. The SMILES string of the molecule is CCc1ccc(-c2ccc(=O)n(CC(=O)NCCc3ccc(F)cc3)n2)cc1. The maximum absolute atomic E-state index is 12.9. The molecule has 0 radical (unpaired) electrons. The second-order valence-electron chi connectivity index (χ2n) is 6.49. The van der Waals surface area contributed by atoms with Crippen molar-refractivity contribution in [2.24, 2.45) is 0 Å². The van der Waals surface area contributed by atoms with Crippen LogP contribution < -0.4 is 10.9 Å². The smallest absolute Gasteiger partial charge is 0.267 e. The van der Waals surface area contributed by atoms with E-state index in [1.807, 2.05) is 24.3 Å². The van der Waals surface area contributed by atoms with Gasteiger partial charge in [-0.3, -0.25) is 9.59 Å². The highest BCUT2D eigenvalue weighted by molar-refractivity contribution is 5.75. The van der Waals surface area contributed by atoms with Gasteiger partial charge >= 0.3 is 0 Å². The molecule has 28 heavy (non-hydrogen) atoms. The van der Waals surface area contributed by atoms with Gasteiger partial charge in [-0.1, -0.05) is 43.3 Å². The number of nitrogens with zero attached hydrogens (tertiary/aromatic N) is 2. The first-order chi connectivity index (χ1) is 13.5. The molecule has 0 bridgehead atoms. The van der Waals surface area contributed by atoms with Gasteiger partial charge < -0.3 is 5.32 Å². The summed E-state index contributed by atoms with van der Waals surface area (Å²) in [7, 11) is 0. The number of aryl methyl sites for hydroxylation is 1. The molecule has 0 unspecified atom stereocenters. The summed E-state index contributed by atoms with van der Waals surface area (Å²) < 4.78 is 14.1. The Labute approximate surface area is 162 Å². The zero-order valence-electron chi connectivity index (χ0n) is 15.7. The highest BCUT2D eigenvalue weighted by atomic mass is 19.1. The molecule has 1 N–H and O–H groups in total. The second kappa shape index (κ2) is 9.08. The van der Waals surface area contributed by atoms with Crippen molar-refractivity contribution in [3.05, 3.63) is 88.0 Å². The average molecular weight is 379 g/mol. The van der Waals surface area contributed by atoms with Gasteiger partial charge in [0.1, 0.15) is 12.4 Å². The normalized spacial score (nSPS) is 10.6. The molecule has 0 fully saturated rings. The Balaban J connectivity index is 1.61. The topological polar surface area (TPSA) is 64.0 Å². The summed E-state index contributed by atoms with van der Waals surface area (Å²) in [5.41, 5.74) is 3.35. The molecule has 1 amide bonds. The van der Waals surface area contributed by atoms with Crippen LogP contribution in [-0.2, 0) is 24.2 Å². The summed E-state index contributed by atoms with van der Waals surface area (Å²) in [6.07, 6.45) is 1.53. The molecule has 144 valence electrons. The van der Waals surface area contributed by atoms with Crippen molar-refractivity contribution in [2.45, 2.75) is 26.3 Å². The number of halogens is 1. The van der Waals surface area contributed by atoms with Gasteiger partial charge in [0.05, 0.1) is 5.69 Å². The van der Waals surface area contributed by atoms with E-state index in [0.29, 0.717) is 18.7 Å². The van der Waals surface area contributed by atoms with Gasteiger partial charge in [0.15, 0.2) is 0 Å². The Bertz CT molecular complexity index is 996. The van der Waals surface area contributed by atoms with Crippen LogP contribution in [-0.4, -0.2) is 22.2 Å². The number of rotatable bonds is 7. The summed E-state index contributed by atoms with van der Waals surface area (Å²) in [4.78, 5) is 24.2. The van der Waals surface area contributed by atoms with Crippen molar-refractivity contribution in [1.29, 1.82) is 0 Å². The van der Waals surface area contributed by atoms with Gasteiger partial charge in [0, 0.05) is 18.2 Å². The Morgan fingerprint density at radius 2 is 1.68 bits per heavy atom. The van der Waals surface area contributed by atoms with Crippen molar-refractivity contribution < 1.29 is 9.18 Å². The fourth-order valence-corrected chi connectivity index (χ4v) is 2.82. The fourth-order valence-electron chi connectivity index (χ4n) is 2.82. The van der Waals surface area contributed by atoms with Crippen LogP contribution in [0.5, 0.6) is 0 Å². The largest absolute Gasteiger partial charge is 0.354 e. The zero-order chi connectivity index (χ0) is 19.9. The summed E-state index contributed by atoms with van der Waals surface area (Å²) in [5, 5.41) is 7.08. The highest BCUT2D eigenvalue weighted by Gasteiger charge is 2.08. The Kier molecular flexibility index (Phi) is 6.32. The van der Waals surface area contributed by atoms with E-state index in [1.165, 1.54) is 23.8 Å². The summed E-state index contributed by atoms with van der Waals surface area (Å²) >= 11 is 0. The molecule has 3 aromatic rings. The number of carbonyl (C=O) groups excluding carboxylic acids is 1. The molecule has 0 saturated heterocycles. The zero-order valence-corrected chi connectivity index (χ0v) is 15.7. The third-order valence-electron chi connectivity index (χ3n) is 4.47. The molecule has 5 nitrogen and oxygen atoms in total. The van der Waals surface area contributed by atoms with Crippen LogP contribution in [0, 0.1) is 5.82 Å². The van der Waals surface area contributed by atoms with Crippen molar-refractivity contribution in [1.82, 2.24) is 15.1 Å². The average Bonchev–Trinajstić information content (AvgIpc) is 2.71. The molecule has 2 aromatic carbocycles. The first-order valence-corrected chi connectivity index (χ1v) is 9.24. The molecule has 0 spiro atoms. The van der Waals surface area contributed by atoms with E-state index in [0.717, 1.165) is 22.2 Å². The van der Waals surface area contributed by atoms with Gasteiger partial charge in [-0.2, -0.15) is 5.10 Å².